The topological polar surface area (TPSA) is 94.5 Å². The number of rotatable bonds is 10. The standard InChI is InChI=1S/C29H32O7/c1-20(30)36-26-24(31)27(33-17-21-11-5-2-6-12-21)29(35-19-23-15-9-4-10-16-23)28(25(26)32)34-18-22-13-7-3-8-14-22/h2-16,24-29,31-32H,17-19H2,1H3/t24-,25?,26?,27-,28+,29?/m0/s1. The minimum Gasteiger partial charge on any atom is -0.457 e. The van der Waals surface area contributed by atoms with Gasteiger partial charge in [-0.2, -0.15) is 0 Å². The lowest BCUT2D eigenvalue weighted by atomic mass is 9.84. The van der Waals surface area contributed by atoms with Crippen LogP contribution < -0.4 is 0 Å². The molecule has 1 aliphatic rings. The Bertz CT molecular complexity index is 1000. The summed E-state index contributed by atoms with van der Waals surface area (Å²) in [5.74, 6) is -0.620. The molecule has 0 heterocycles. The molecule has 3 aromatic carbocycles. The fraction of sp³-hybridized carbons (Fsp3) is 0.345. The van der Waals surface area contributed by atoms with E-state index in [2.05, 4.69) is 0 Å². The maximum atomic E-state index is 11.8. The second kappa shape index (κ2) is 12.8. The molecule has 3 unspecified atom stereocenters. The van der Waals surface area contributed by atoms with Crippen LogP contribution in [0.2, 0.25) is 0 Å². The quantitative estimate of drug-likeness (QED) is 0.419. The lowest BCUT2D eigenvalue weighted by molar-refractivity contribution is -0.267. The van der Waals surface area contributed by atoms with Gasteiger partial charge in [0.25, 0.3) is 0 Å². The maximum Gasteiger partial charge on any atom is 0.303 e. The molecule has 0 amide bonds. The number of benzene rings is 3. The van der Waals surface area contributed by atoms with Crippen LogP contribution in [0.5, 0.6) is 0 Å². The Balaban J connectivity index is 1.60. The van der Waals surface area contributed by atoms with Crippen molar-refractivity contribution >= 4 is 5.97 Å². The molecule has 1 saturated carbocycles. The van der Waals surface area contributed by atoms with Gasteiger partial charge in [0.2, 0.25) is 0 Å². The van der Waals surface area contributed by atoms with Gasteiger partial charge in [0.05, 0.1) is 19.8 Å². The number of carbonyl (C=O) groups is 1. The van der Waals surface area contributed by atoms with E-state index in [0.717, 1.165) is 16.7 Å². The highest BCUT2D eigenvalue weighted by Gasteiger charge is 2.53. The van der Waals surface area contributed by atoms with E-state index in [4.69, 9.17) is 18.9 Å². The SMILES string of the molecule is CC(=O)OC1C(O)[C@@H](OCc2ccccc2)C(OCc2ccccc2)[C@@H](OCc2ccccc2)[C@H]1O. The van der Waals surface area contributed by atoms with Gasteiger partial charge in [0, 0.05) is 6.92 Å². The van der Waals surface area contributed by atoms with Crippen LogP contribution in [0.15, 0.2) is 91.0 Å². The molecular weight excluding hydrogens is 460 g/mol. The van der Waals surface area contributed by atoms with Gasteiger partial charge in [-0.1, -0.05) is 91.0 Å². The van der Waals surface area contributed by atoms with Gasteiger partial charge in [-0.15, -0.1) is 0 Å². The van der Waals surface area contributed by atoms with Crippen molar-refractivity contribution < 1.29 is 34.0 Å². The zero-order chi connectivity index (χ0) is 25.3. The summed E-state index contributed by atoms with van der Waals surface area (Å²) in [5, 5.41) is 22.4. The summed E-state index contributed by atoms with van der Waals surface area (Å²) in [6.07, 6.45) is -6.59. The molecule has 36 heavy (non-hydrogen) atoms. The van der Waals surface area contributed by atoms with E-state index in [0.29, 0.717) is 0 Å². The fourth-order valence-corrected chi connectivity index (χ4v) is 4.36. The van der Waals surface area contributed by atoms with Gasteiger partial charge < -0.3 is 29.2 Å². The smallest absolute Gasteiger partial charge is 0.303 e. The van der Waals surface area contributed by atoms with Gasteiger partial charge in [-0.05, 0) is 16.7 Å². The molecule has 0 saturated heterocycles. The van der Waals surface area contributed by atoms with Crippen LogP contribution >= 0.6 is 0 Å². The van der Waals surface area contributed by atoms with Gasteiger partial charge >= 0.3 is 5.97 Å². The van der Waals surface area contributed by atoms with Crippen molar-refractivity contribution in [2.45, 2.75) is 63.4 Å². The number of aliphatic hydroxyl groups is 2. The second-order valence-corrected chi connectivity index (χ2v) is 8.84. The highest BCUT2D eigenvalue weighted by molar-refractivity contribution is 5.66. The maximum absolute atomic E-state index is 11.8. The highest BCUT2D eigenvalue weighted by Crippen LogP contribution is 2.32. The molecule has 0 radical (unpaired) electrons. The summed E-state index contributed by atoms with van der Waals surface area (Å²) in [6.45, 7) is 1.85. The van der Waals surface area contributed by atoms with Crippen LogP contribution in [0, 0.1) is 0 Å². The Hall–Kier alpha value is -3.07. The third-order valence-corrected chi connectivity index (χ3v) is 6.15. The molecule has 0 aromatic heterocycles. The van der Waals surface area contributed by atoms with Gasteiger partial charge in [0.1, 0.15) is 30.5 Å². The second-order valence-electron chi connectivity index (χ2n) is 8.84. The van der Waals surface area contributed by atoms with E-state index in [1.165, 1.54) is 6.92 Å². The number of aliphatic hydroxyl groups excluding tert-OH is 2. The molecule has 7 heteroatoms. The summed E-state index contributed by atoms with van der Waals surface area (Å²) >= 11 is 0. The number of esters is 1. The molecule has 1 fully saturated rings. The lowest BCUT2D eigenvalue weighted by Crippen LogP contribution is -2.66. The Labute approximate surface area is 211 Å². The number of carbonyl (C=O) groups excluding carboxylic acids is 1. The minimum absolute atomic E-state index is 0.196. The van der Waals surface area contributed by atoms with Gasteiger partial charge in [-0.3, -0.25) is 4.79 Å². The van der Waals surface area contributed by atoms with E-state index in [9.17, 15) is 15.0 Å². The van der Waals surface area contributed by atoms with E-state index in [1.54, 1.807) is 0 Å². The van der Waals surface area contributed by atoms with Crippen LogP contribution in [0.4, 0.5) is 0 Å². The first kappa shape index (κ1) is 26.0. The lowest BCUT2D eigenvalue weighted by Gasteiger charge is -2.46. The molecule has 7 nitrogen and oxygen atoms in total. The largest absolute Gasteiger partial charge is 0.457 e. The molecule has 0 aliphatic heterocycles. The van der Waals surface area contributed by atoms with E-state index in [1.807, 2.05) is 91.0 Å². The summed E-state index contributed by atoms with van der Waals surface area (Å²) in [7, 11) is 0. The molecule has 1 aliphatic carbocycles. The van der Waals surface area contributed by atoms with Crippen molar-refractivity contribution in [1.82, 2.24) is 0 Å². The molecule has 0 spiro atoms. The van der Waals surface area contributed by atoms with E-state index in [-0.39, 0.29) is 19.8 Å². The average molecular weight is 493 g/mol. The van der Waals surface area contributed by atoms with Gasteiger partial charge in [-0.25, -0.2) is 0 Å². The Kier molecular flexibility index (Phi) is 9.22. The molecule has 0 bridgehead atoms. The van der Waals surface area contributed by atoms with Crippen molar-refractivity contribution in [2.24, 2.45) is 0 Å². The normalized spacial score (nSPS) is 25.9. The monoisotopic (exact) mass is 492 g/mol. The van der Waals surface area contributed by atoms with Crippen LogP contribution in [0.1, 0.15) is 23.6 Å². The highest BCUT2D eigenvalue weighted by atomic mass is 16.6. The molecule has 4 rings (SSSR count). The first-order valence-electron chi connectivity index (χ1n) is 12.0. The van der Waals surface area contributed by atoms with Crippen LogP contribution in [-0.4, -0.2) is 52.8 Å². The summed E-state index contributed by atoms with van der Waals surface area (Å²) in [5.41, 5.74) is 2.74. The number of hydrogen-bond acceptors (Lipinski definition) is 7. The van der Waals surface area contributed by atoms with Crippen LogP contribution in [0.25, 0.3) is 0 Å². The predicted molar refractivity (Wildman–Crippen MR) is 133 cm³/mol. The van der Waals surface area contributed by atoms with Crippen molar-refractivity contribution in [3.63, 3.8) is 0 Å². The Morgan fingerprint density at radius 2 is 0.917 bits per heavy atom. The molecule has 3 aromatic rings. The van der Waals surface area contributed by atoms with Crippen LogP contribution in [-0.2, 0) is 43.6 Å². The third kappa shape index (κ3) is 6.78. The van der Waals surface area contributed by atoms with E-state index >= 15 is 0 Å². The predicted octanol–water partition coefficient (Wildman–Crippen LogP) is 3.41. The molecule has 190 valence electrons. The summed E-state index contributed by atoms with van der Waals surface area (Å²) < 4.78 is 23.9. The van der Waals surface area contributed by atoms with Crippen molar-refractivity contribution in [3.05, 3.63) is 108 Å². The molecule has 6 atom stereocenters. The Morgan fingerprint density at radius 1 is 0.583 bits per heavy atom. The van der Waals surface area contributed by atoms with E-state index < -0.39 is 42.6 Å². The number of hydrogen-bond donors (Lipinski definition) is 2. The summed E-state index contributed by atoms with van der Waals surface area (Å²) in [4.78, 5) is 11.8. The molecular formula is C29H32O7. The van der Waals surface area contributed by atoms with Crippen LogP contribution in [0.3, 0.4) is 0 Å². The number of ether oxygens (including phenoxy) is 4. The zero-order valence-corrected chi connectivity index (χ0v) is 20.2. The third-order valence-electron chi connectivity index (χ3n) is 6.15. The van der Waals surface area contributed by atoms with Crippen molar-refractivity contribution in [3.8, 4) is 0 Å². The first-order chi connectivity index (χ1) is 17.5. The summed E-state index contributed by atoms with van der Waals surface area (Å²) in [6, 6.07) is 28.7. The fourth-order valence-electron chi connectivity index (χ4n) is 4.36. The van der Waals surface area contributed by atoms with Gasteiger partial charge in [0.15, 0.2) is 6.10 Å². The zero-order valence-electron chi connectivity index (χ0n) is 20.2. The van der Waals surface area contributed by atoms with Crippen molar-refractivity contribution in [1.29, 1.82) is 0 Å². The molecule has 2 N–H and O–H groups in total. The minimum atomic E-state index is -1.33. The average Bonchev–Trinajstić information content (AvgIpc) is 2.90. The Morgan fingerprint density at radius 3 is 1.25 bits per heavy atom. The van der Waals surface area contributed by atoms with Crippen molar-refractivity contribution in [2.75, 3.05) is 0 Å². The first-order valence-corrected chi connectivity index (χ1v) is 12.0.